The first-order chi connectivity index (χ1) is 22.2. The fourth-order valence-corrected chi connectivity index (χ4v) is 22.9. The van der Waals surface area contributed by atoms with Crippen LogP contribution in [0.25, 0.3) is 0 Å². The van der Waals surface area contributed by atoms with E-state index in [2.05, 4.69) is 91.8 Å². The van der Waals surface area contributed by atoms with Gasteiger partial charge >= 0.3 is 11.4 Å². The lowest BCUT2D eigenvalue weighted by molar-refractivity contribution is 0.505. The van der Waals surface area contributed by atoms with E-state index in [-0.39, 0.29) is 0 Å². The van der Waals surface area contributed by atoms with Crippen molar-refractivity contribution >= 4 is 65.7 Å². The molecule has 252 valence electrons. The molecule has 0 bridgehead atoms. The van der Waals surface area contributed by atoms with Crippen molar-refractivity contribution in [2.75, 3.05) is 0 Å². The molecule has 0 saturated heterocycles. The second-order valence-corrected chi connectivity index (χ2v) is 27.7. The van der Waals surface area contributed by atoms with Crippen LogP contribution >= 0.6 is 42.0 Å². The van der Waals surface area contributed by atoms with Gasteiger partial charge < -0.3 is 18.1 Å². The normalized spacial score (nSPS) is 14.2. The van der Waals surface area contributed by atoms with E-state index in [0.29, 0.717) is 46.7 Å². The van der Waals surface area contributed by atoms with Crippen LogP contribution in [0.3, 0.4) is 0 Å². The third-order valence-electron chi connectivity index (χ3n) is 7.26. The highest BCUT2D eigenvalue weighted by Crippen LogP contribution is 2.74. The molecule has 0 heterocycles. The van der Waals surface area contributed by atoms with Gasteiger partial charge in [-0.2, -0.15) is 0 Å². The first-order valence-electron chi connectivity index (χ1n) is 15.7. The third-order valence-corrected chi connectivity index (χ3v) is 23.7. The molecule has 0 N–H and O–H groups in total. The Labute approximate surface area is 303 Å². The molecule has 0 aliphatic heterocycles. The maximum absolute atomic E-state index is 6.53. The number of benzene rings is 4. The molecule has 0 fully saturated rings. The predicted octanol–water partition coefficient (Wildman–Crippen LogP) is 14.3. The van der Waals surface area contributed by atoms with Gasteiger partial charge in [0.2, 0.25) is 0 Å². The lowest BCUT2D eigenvalue weighted by Crippen LogP contribution is -1.99. The highest BCUT2D eigenvalue weighted by Gasteiger charge is 2.31. The molecule has 0 spiro atoms. The van der Waals surface area contributed by atoms with Crippen molar-refractivity contribution in [2.45, 2.75) is 79.1 Å². The molecule has 0 aromatic heterocycles. The Bertz CT molecular complexity index is 1570. The molecule has 0 radical (unpaired) electrons. The summed E-state index contributed by atoms with van der Waals surface area (Å²) in [6.45, 7) is 17.3. The van der Waals surface area contributed by atoms with Gasteiger partial charge in [-0.05, 0) is 104 Å². The molecule has 4 aromatic rings. The summed E-state index contributed by atoms with van der Waals surface area (Å²) in [4.78, 5) is 0. The van der Waals surface area contributed by atoms with Gasteiger partial charge in [0.25, 0.3) is 0 Å². The Morgan fingerprint density at radius 1 is 0.426 bits per heavy atom. The van der Waals surface area contributed by atoms with E-state index in [1.54, 1.807) is 0 Å². The van der Waals surface area contributed by atoms with Crippen LogP contribution in [0.2, 0.25) is 0 Å². The van der Waals surface area contributed by atoms with E-state index in [9.17, 15) is 0 Å². The van der Waals surface area contributed by atoms with Gasteiger partial charge in [0.1, 0.15) is 23.0 Å². The monoisotopic (exact) mass is 762 g/mol. The average Bonchev–Trinajstić information content (AvgIpc) is 3.01. The van der Waals surface area contributed by atoms with Crippen molar-refractivity contribution in [3.63, 3.8) is 0 Å². The van der Waals surface area contributed by atoms with Crippen molar-refractivity contribution in [3.8, 4) is 23.0 Å². The maximum atomic E-state index is 6.53. The first-order valence-corrected chi connectivity index (χ1v) is 25.6. The van der Waals surface area contributed by atoms with Crippen LogP contribution < -0.4 is 18.1 Å². The largest absolute Gasteiger partial charge is 0.428 e. The second kappa shape index (κ2) is 17.4. The lowest BCUT2D eigenvalue weighted by Gasteiger charge is -2.25. The van der Waals surface area contributed by atoms with Crippen LogP contribution in [0.15, 0.2) is 97.1 Å². The molecular formula is C36H44O4P2S5. The highest BCUT2D eigenvalue weighted by atomic mass is 33.7. The van der Waals surface area contributed by atoms with Crippen molar-refractivity contribution in [1.82, 2.24) is 0 Å². The average molecular weight is 763 g/mol. The second-order valence-electron chi connectivity index (χ2n) is 12.4. The van der Waals surface area contributed by atoms with E-state index >= 15 is 0 Å². The summed E-state index contributed by atoms with van der Waals surface area (Å²) >= 11 is 12.4. The van der Waals surface area contributed by atoms with Gasteiger partial charge in [0.15, 0.2) is 0 Å². The highest BCUT2D eigenvalue weighted by molar-refractivity contribution is 9.30. The zero-order valence-corrected chi connectivity index (χ0v) is 34.0. The minimum Gasteiger partial charge on any atom is -0.428 e. The number of rotatable bonds is 16. The molecule has 0 aliphatic carbocycles. The van der Waals surface area contributed by atoms with E-state index in [1.165, 1.54) is 52.9 Å². The van der Waals surface area contributed by atoms with Gasteiger partial charge in [-0.15, -0.1) is 0 Å². The van der Waals surface area contributed by atoms with Crippen LogP contribution in [0.1, 0.15) is 101 Å². The topological polar surface area (TPSA) is 36.9 Å². The molecule has 4 aromatic carbocycles. The summed E-state index contributed by atoms with van der Waals surface area (Å²) in [5.74, 6) is 4.21. The predicted molar refractivity (Wildman–Crippen MR) is 216 cm³/mol. The molecule has 2 unspecified atom stereocenters. The molecule has 11 heteroatoms. The first kappa shape index (κ1) is 38.2. The van der Waals surface area contributed by atoms with Crippen molar-refractivity contribution < 1.29 is 18.1 Å². The van der Waals surface area contributed by atoms with Crippen molar-refractivity contribution in [2.24, 2.45) is 0 Å². The Morgan fingerprint density at radius 3 is 1.06 bits per heavy atom. The fraction of sp³-hybridized carbons (Fsp3) is 0.333. The van der Waals surface area contributed by atoms with Gasteiger partial charge in [-0.1, -0.05) is 104 Å². The molecule has 4 rings (SSSR count). The molecular weight excluding hydrogens is 719 g/mol. The SMILES string of the molecule is CC(C)c1ccc(OP(=S)(Oc2cccc(C(C)C)c2)SSSP(=S)(Oc2ccc(C(C)C)cc2)Oc2cccc(C(C)C)c2)cc1. The number of hydrogen-bond donors (Lipinski definition) is 0. The van der Waals surface area contributed by atoms with Gasteiger partial charge in [-0.3, -0.25) is 0 Å². The Balaban J connectivity index is 1.60. The van der Waals surface area contributed by atoms with Crippen molar-refractivity contribution in [1.29, 1.82) is 0 Å². The standard InChI is InChI=1S/C36H44O4P2S5/c1-25(2)29-15-19-33(20-16-29)37-41(43,39-35-13-9-11-31(23-35)27(5)6)45-47-46-42(44,38-34-21-17-30(18-22-34)26(3)4)40-36-14-10-12-32(24-36)28(7)8/h9-28H,1-8H3. The quantitative estimate of drug-likeness (QED) is 0.0819. The van der Waals surface area contributed by atoms with Crippen LogP contribution in [0.4, 0.5) is 0 Å². The summed E-state index contributed by atoms with van der Waals surface area (Å²) in [6, 6.07) is 32.2. The Kier molecular flexibility index (Phi) is 14.1. The molecule has 2 atom stereocenters. The van der Waals surface area contributed by atoms with E-state index < -0.39 is 11.4 Å². The molecule has 0 saturated carbocycles. The summed E-state index contributed by atoms with van der Waals surface area (Å²) < 4.78 is 26.1. The Hall–Kier alpha value is -1.57. The summed E-state index contributed by atoms with van der Waals surface area (Å²) in [6.07, 6.45) is 0. The summed E-state index contributed by atoms with van der Waals surface area (Å²) in [7, 11) is 4.13. The van der Waals surface area contributed by atoms with Gasteiger partial charge in [0, 0.05) is 44.4 Å². The minimum absolute atomic E-state index is 0.349. The summed E-state index contributed by atoms with van der Waals surface area (Å²) in [5, 5.41) is 0. The minimum atomic E-state index is -2.99. The fourth-order valence-electron chi connectivity index (χ4n) is 4.39. The maximum Gasteiger partial charge on any atom is 0.360 e. The molecule has 0 aliphatic rings. The van der Waals surface area contributed by atoms with Crippen molar-refractivity contribution in [3.05, 3.63) is 119 Å². The van der Waals surface area contributed by atoms with E-state index in [0.717, 1.165) is 0 Å². The zero-order valence-electron chi connectivity index (χ0n) is 28.1. The van der Waals surface area contributed by atoms with Crippen LogP contribution in [0, 0.1) is 0 Å². The van der Waals surface area contributed by atoms with Crippen LogP contribution in [-0.2, 0) is 23.6 Å². The van der Waals surface area contributed by atoms with Crippen LogP contribution in [0.5, 0.6) is 23.0 Å². The molecule has 4 nitrogen and oxygen atoms in total. The molecule has 47 heavy (non-hydrogen) atoms. The zero-order chi connectivity index (χ0) is 34.2. The smallest absolute Gasteiger partial charge is 0.360 e. The number of hydrogen-bond acceptors (Lipinski definition) is 9. The van der Waals surface area contributed by atoms with E-state index in [1.807, 2.05) is 60.7 Å². The third kappa shape index (κ3) is 11.8. The van der Waals surface area contributed by atoms with E-state index in [4.69, 9.17) is 41.7 Å². The Morgan fingerprint density at radius 2 is 0.745 bits per heavy atom. The lowest BCUT2D eigenvalue weighted by atomic mass is 10.0. The van der Waals surface area contributed by atoms with Gasteiger partial charge in [-0.25, -0.2) is 0 Å². The molecule has 0 amide bonds. The van der Waals surface area contributed by atoms with Gasteiger partial charge in [0.05, 0.1) is 0 Å². The summed E-state index contributed by atoms with van der Waals surface area (Å²) in [5.41, 5.74) is -1.18. The van der Waals surface area contributed by atoms with Crippen LogP contribution in [-0.4, -0.2) is 0 Å².